The molecular weight excluding hydrogens is 275 g/mol. The summed E-state index contributed by atoms with van der Waals surface area (Å²) in [5.74, 6) is 0. The van der Waals surface area contributed by atoms with E-state index < -0.39 is 18.3 Å². The zero-order valence-corrected chi connectivity index (χ0v) is 12.8. The van der Waals surface area contributed by atoms with Crippen LogP contribution in [-0.2, 0) is 21.7 Å². The first kappa shape index (κ1) is 15.1. The maximum absolute atomic E-state index is 10.9. The number of carbonyl (C=O) groups is 1. The predicted molar refractivity (Wildman–Crippen MR) is 81.4 cm³/mol. The lowest BCUT2D eigenvalue weighted by Gasteiger charge is -2.32. The van der Waals surface area contributed by atoms with Crippen molar-refractivity contribution in [3.63, 3.8) is 0 Å². The molecule has 2 rings (SSSR count). The van der Waals surface area contributed by atoms with E-state index in [2.05, 4.69) is 4.36 Å². The van der Waals surface area contributed by atoms with Crippen molar-refractivity contribution in [2.75, 3.05) is 5.73 Å². The first-order valence-electron chi connectivity index (χ1n) is 6.30. The summed E-state index contributed by atoms with van der Waals surface area (Å²) in [6, 6.07) is 3.33. The van der Waals surface area contributed by atoms with E-state index in [4.69, 9.17) is 27.5 Å². The highest BCUT2D eigenvalue weighted by Crippen LogP contribution is 2.37. The van der Waals surface area contributed by atoms with E-state index in [1.807, 2.05) is 27.7 Å². The predicted octanol–water partition coefficient (Wildman–Crippen LogP) is 1.74. The van der Waals surface area contributed by atoms with Gasteiger partial charge in [-0.2, -0.15) is 4.36 Å². The molecule has 2 N–H and O–H groups in total. The highest BCUT2D eigenvalue weighted by atomic mass is 32.1. The zero-order chi connectivity index (χ0) is 15.1. The van der Waals surface area contributed by atoms with Crippen molar-refractivity contribution in [3.8, 4) is 0 Å². The summed E-state index contributed by atoms with van der Waals surface area (Å²) in [5.41, 5.74) is 6.59. The largest absolute Gasteiger partial charge is 0.497 e. The van der Waals surface area contributed by atoms with E-state index >= 15 is 0 Å². The molecule has 5 nitrogen and oxygen atoms in total. The molecule has 1 aliphatic rings. The Kier molecular flexibility index (Phi) is 3.70. The van der Waals surface area contributed by atoms with Crippen LogP contribution in [0.25, 0.3) is 0 Å². The third kappa shape index (κ3) is 2.26. The first-order chi connectivity index (χ1) is 9.23. The molecule has 0 aliphatic carbocycles. The van der Waals surface area contributed by atoms with Crippen LogP contribution in [-0.4, -0.2) is 24.6 Å². The van der Waals surface area contributed by atoms with Crippen molar-refractivity contribution in [3.05, 3.63) is 17.7 Å². The summed E-state index contributed by atoms with van der Waals surface area (Å²) in [5, 5.41) is 0. The van der Waals surface area contributed by atoms with Crippen LogP contribution in [0.5, 0.6) is 0 Å². The topological polar surface area (TPSA) is 73.9 Å². The minimum Gasteiger partial charge on any atom is -0.399 e. The van der Waals surface area contributed by atoms with Crippen LogP contribution in [0, 0.1) is 0 Å². The quantitative estimate of drug-likeness (QED) is 0.522. The lowest BCUT2D eigenvalue weighted by Crippen LogP contribution is -2.41. The van der Waals surface area contributed by atoms with Crippen molar-refractivity contribution in [2.45, 2.75) is 38.9 Å². The van der Waals surface area contributed by atoms with Gasteiger partial charge >= 0.3 is 7.12 Å². The van der Waals surface area contributed by atoms with Gasteiger partial charge in [0.25, 0.3) is 0 Å². The lowest BCUT2D eigenvalue weighted by molar-refractivity contribution is 0.00578. The highest BCUT2D eigenvalue weighted by molar-refractivity contribution is 7.47. The van der Waals surface area contributed by atoms with Gasteiger partial charge in [-0.05, 0) is 33.8 Å². The maximum Gasteiger partial charge on any atom is 0.497 e. The Morgan fingerprint density at radius 1 is 1.25 bits per heavy atom. The Hall–Kier alpha value is -1.31. The third-order valence-electron chi connectivity index (χ3n) is 4.01. The number of anilines is 1. The molecule has 0 aromatic heterocycles. The molecule has 0 saturated carbocycles. The third-order valence-corrected chi connectivity index (χ3v) is 4.19. The van der Waals surface area contributed by atoms with Crippen LogP contribution in [0.3, 0.4) is 0 Å². The average molecular weight is 292 g/mol. The number of nitrogens with two attached hydrogens (primary N) is 1. The molecule has 1 aromatic rings. The summed E-state index contributed by atoms with van der Waals surface area (Å²) in [6.07, 6.45) is 0.674. The second kappa shape index (κ2) is 4.91. The number of rotatable bonds is 3. The Bertz CT molecular complexity index is 559. The van der Waals surface area contributed by atoms with Crippen LogP contribution >= 0.6 is 0 Å². The van der Waals surface area contributed by atoms with Crippen molar-refractivity contribution in [2.24, 2.45) is 4.36 Å². The van der Waals surface area contributed by atoms with Crippen molar-refractivity contribution in [1.82, 2.24) is 0 Å². The van der Waals surface area contributed by atoms with Crippen molar-refractivity contribution < 1.29 is 14.1 Å². The fourth-order valence-corrected chi connectivity index (χ4v) is 2.21. The van der Waals surface area contributed by atoms with Gasteiger partial charge in [0.05, 0.1) is 16.9 Å². The van der Waals surface area contributed by atoms with Gasteiger partial charge in [-0.1, -0.05) is 6.07 Å². The smallest absolute Gasteiger partial charge is 0.399 e. The number of hydrogen-bond donors (Lipinski definition) is 1. The van der Waals surface area contributed by atoms with Crippen LogP contribution in [0.2, 0.25) is 0 Å². The molecule has 1 aromatic carbocycles. The number of aldehydes is 1. The SMILES string of the molecule is CC1(C)OB(c2ccc(C=O)c(N)c2N=S)OC1(C)C. The molecule has 1 fully saturated rings. The van der Waals surface area contributed by atoms with Gasteiger partial charge in [0.15, 0.2) is 6.29 Å². The van der Waals surface area contributed by atoms with Gasteiger partial charge in [0, 0.05) is 23.5 Å². The van der Waals surface area contributed by atoms with Gasteiger partial charge in [-0.25, -0.2) is 0 Å². The summed E-state index contributed by atoms with van der Waals surface area (Å²) in [4.78, 5) is 10.9. The molecule has 1 aliphatic heterocycles. The zero-order valence-electron chi connectivity index (χ0n) is 12.0. The standard InChI is InChI=1S/C13H17BN2O3S/c1-12(2)13(3,4)19-14(18-12)9-6-5-8(7-17)10(15)11(9)16-20/h5-7H,15H2,1-4H3. The van der Waals surface area contributed by atoms with E-state index in [9.17, 15) is 4.79 Å². The second-order valence-electron chi connectivity index (χ2n) is 5.80. The van der Waals surface area contributed by atoms with Gasteiger partial charge in [-0.15, -0.1) is 0 Å². The molecule has 1 heterocycles. The number of hydrogen-bond acceptors (Lipinski definition) is 6. The van der Waals surface area contributed by atoms with Gasteiger partial charge < -0.3 is 15.0 Å². The Labute approximate surface area is 124 Å². The molecule has 0 spiro atoms. The van der Waals surface area contributed by atoms with E-state index in [0.29, 0.717) is 23.0 Å². The first-order valence-corrected chi connectivity index (χ1v) is 6.66. The molecule has 0 amide bonds. The van der Waals surface area contributed by atoms with Gasteiger partial charge in [0.1, 0.15) is 5.69 Å². The van der Waals surface area contributed by atoms with Crippen molar-refractivity contribution in [1.29, 1.82) is 0 Å². The Morgan fingerprint density at radius 3 is 2.25 bits per heavy atom. The molecular formula is C13H17BN2O3S. The Morgan fingerprint density at radius 2 is 1.80 bits per heavy atom. The van der Waals surface area contributed by atoms with Crippen LogP contribution in [0.4, 0.5) is 11.4 Å². The molecule has 20 heavy (non-hydrogen) atoms. The fourth-order valence-electron chi connectivity index (χ4n) is 2.01. The minimum absolute atomic E-state index is 0.252. The second-order valence-corrected chi connectivity index (χ2v) is 5.99. The average Bonchev–Trinajstić information content (AvgIpc) is 2.58. The van der Waals surface area contributed by atoms with Crippen LogP contribution < -0.4 is 11.2 Å². The van der Waals surface area contributed by atoms with Gasteiger partial charge in [-0.3, -0.25) is 4.79 Å². The van der Waals surface area contributed by atoms with E-state index in [1.165, 1.54) is 0 Å². The summed E-state index contributed by atoms with van der Waals surface area (Å²) < 4.78 is 15.7. The molecule has 7 heteroatoms. The number of nitrogen functional groups attached to an aromatic ring is 1. The van der Waals surface area contributed by atoms with Gasteiger partial charge in [0.2, 0.25) is 0 Å². The summed E-state index contributed by atoms with van der Waals surface area (Å²) in [6.45, 7) is 7.84. The molecule has 0 unspecified atom stereocenters. The Balaban J connectivity index is 2.48. The van der Waals surface area contributed by atoms with E-state index in [0.717, 1.165) is 0 Å². The molecule has 0 radical (unpaired) electrons. The van der Waals surface area contributed by atoms with E-state index in [1.54, 1.807) is 12.1 Å². The van der Waals surface area contributed by atoms with Crippen LogP contribution in [0.15, 0.2) is 16.5 Å². The molecule has 1 saturated heterocycles. The molecule has 106 valence electrons. The summed E-state index contributed by atoms with van der Waals surface area (Å²) >= 11 is 4.77. The minimum atomic E-state index is -0.607. The number of benzene rings is 1. The van der Waals surface area contributed by atoms with Crippen LogP contribution in [0.1, 0.15) is 38.1 Å². The monoisotopic (exact) mass is 292 g/mol. The lowest BCUT2D eigenvalue weighted by atomic mass is 9.77. The maximum atomic E-state index is 10.9. The number of carbonyl (C=O) groups excluding carboxylic acids is 1. The fraction of sp³-hybridized carbons (Fsp3) is 0.462. The molecule has 0 bridgehead atoms. The normalized spacial score (nSPS) is 19.9. The molecule has 0 atom stereocenters. The van der Waals surface area contributed by atoms with Crippen molar-refractivity contribution >= 4 is 42.7 Å². The van der Waals surface area contributed by atoms with E-state index in [-0.39, 0.29) is 5.69 Å². The highest BCUT2D eigenvalue weighted by Gasteiger charge is 2.52. The number of nitrogens with zero attached hydrogens (tertiary/aromatic N) is 1. The summed E-state index contributed by atoms with van der Waals surface area (Å²) in [7, 11) is -0.607.